The molecule has 0 saturated carbocycles. The van der Waals surface area contributed by atoms with E-state index in [1.165, 1.54) is 13.2 Å². The van der Waals surface area contributed by atoms with Crippen LogP contribution in [0, 0.1) is 6.92 Å². The molecule has 0 aliphatic rings. The normalized spacial score (nSPS) is 11.5. The van der Waals surface area contributed by atoms with Crippen LogP contribution in [0.5, 0.6) is 5.75 Å². The van der Waals surface area contributed by atoms with Crippen LogP contribution in [0.4, 0.5) is 13.2 Å². The zero-order valence-electron chi connectivity index (χ0n) is 11.3. The molecule has 1 nitrogen and oxygen atoms in total. The number of alkyl halides is 3. The minimum atomic E-state index is -4.44. The zero-order valence-corrected chi connectivity index (χ0v) is 12.9. The molecular formula is C15H12ClF3OS. The summed E-state index contributed by atoms with van der Waals surface area (Å²) >= 11 is 6.99. The lowest BCUT2D eigenvalue weighted by Gasteiger charge is -2.15. The fourth-order valence-corrected chi connectivity index (χ4v) is 3.14. The summed E-state index contributed by atoms with van der Waals surface area (Å²) in [5.41, 5.74) is -0.236. The van der Waals surface area contributed by atoms with Gasteiger partial charge in [-0.2, -0.15) is 13.2 Å². The number of benzene rings is 2. The van der Waals surface area contributed by atoms with Gasteiger partial charge < -0.3 is 4.74 Å². The predicted octanol–water partition coefficient (Wildman–Crippen LogP) is 5.83. The summed E-state index contributed by atoms with van der Waals surface area (Å²) in [6, 6.07) is 9.41. The number of hydrogen-bond donors (Lipinski definition) is 0. The average Bonchev–Trinajstić information content (AvgIpc) is 2.41. The molecule has 0 amide bonds. The van der Waals surface area contributed by atoms with Gasteiger partial charge in [0.1, 0.15) is 5.75 Å². The Balaban J connectivity index is 2.42. The van der Waals surface area contributed by atoms with Crippen molar-refractivity contribution in [1.29, 1.82) is 0 Å². The molecule has 0 aromatic heterocycles. The molecule has 6 heteroatoms. The van der Waals surface area contributed by atoms with Crippen molar-refractivity contribution in [3.63, 3.8) is 0 Å². The molecule has 0 spiro atoms. The average molecular weight is 333 g/mol. The van der Waals surface area contributed by atoms with Crippen LogP contribution in [-0.2, 0) is 6.18 Å². The van der Waals surface area contributed by atoms with E-state index in [-0.39, 0.29) is 9.92 Å². The summed E-state index contributed by atoms with van der Waals surface area (Å²) < 4.78 is 44.4. The SMILES string of the molecule is COc1ccc(Sc2c(Cl)cc(C)cc2C(F)(F)F)cc1. The summed E-state index contributed by atoms with van der Waals surface area (Å²) in [5, 5.41) is 0.100. The molecule has 2 aromatic rings. The van der Waals surface area contributed by atoms with E-state index in [4.69, 9.17) is 16.3 Å². The van der Waals surface area contributed by atoms with Gasteiger partial charge in [-0.3, -0.25) is 0 Å². The zero-order chi connectivity index (χ0) is 15.6. The molecular weight excluding hydrogens is 321 g/mol. The smallest absolute Gasteiger partial charge is 0.417 e. The Morgan fingerprint density at radius 3 is 2.24 bits per heavy atom. The summed E-state index contributed by atoms with van der Waals surface area (Å²) in [5.74, 6) is 0.644. The summed E-state index contributed by atoms with van der Waals surface area (Å²) in [6.45, 7) is 1.59. The van der Waals surface area contributed by atoms with Crippen molar-refractivity contribution in [1.82, 2.24) is 0 Å². The highest BCUT2D eigenvalue weighted by Gasteiger charge is 2.35. The summed E-state index contributed by atoms with van der Waals surface area (Å²) in [4.78, 5) is 0.673. The van der Waals surface area contributed by atoms with Crippen LogP contribution in [0.1, 0.15) is 11.1 Å². The van der Waals surface area contributed by atoms with Crippen LogP contribution in [0.15, 0.2) is 46.2 Å². The second-order valence-electron chi connectivity index (χ2n) is 4.40. The van der Waals surface area contributed by atoms with Crippen LogP contribution in [-0.4, -0.2) is 7.11 Å². The molecule has 0 radical (unpaired) electrons. The van der Waals surface area contributed by atoms with E-state index in [1.54, 1.807) is 31.2 Å². The Hall–Kier alpha value is -1.33. The first-order valence-electron chi connectivity index (χ1n) is 6.00. The van der Waals surface area contributed by atoms with Gasteiger partial charge in [0.25, 0.3) is 0 Å². The van der Waals surface area contributed by atoms with Crippen molar-refractivity contribution in [3.8, 4) is 5.75 Å². The third kappa shape index (κ3) is 3.86. The van der Waals surface area contributed by atoms with E-state index in [0.717, 1.165) is 17.8 Å². The van der Waals surface area contributed by atoms with E-state index >= 15 is 0 Å². The minimum Gasteiger partial charge on any atom is -0.497 e. The maximum absolute atomic E-state index is 13.1. The van der Waals surface area contributed by atoms with E-state index < -0.39 is 11.7 Å². The Labute approximate surface area is 130 Å². The molecule has 0 bridgehead atoms. The molecule has 0 atom stereocenters. The maximum Gasteiger partial charge on any atom is 0.417 e. The van der Waals surface area contributed by atoms with Gasteiger partial charge in [0.15, 0.2) is 0 Å². The predicted molar refractivity (Wildman–Crippen MR) is 78.3 cm³/mol. The lowest BCUT2D eigenvalue weighted by molar-refractivity contribution is -0.139. The lowest BCUT2D eigenvalue weighted by atomic mass is 10.1. The molecule has 0 heterocycles. The van der Waals surface area contributed by atoms with Crippen LogP contribution in [0.25, 0.3) is 0 Å². The summed E-state index contributed by atoms with van der Waals surface area (Å²) in [7, 11) is 1.53. The number of hydrogen-bond acceptors (Lipinski definition) is 2. The van der Waals surface area contributed by atoms with E-state index in [2.05, 4.69) is 0 Å². The van der Waals surface area contributed by atoms with Crippen LogP contribution >= 0.6 is 23.4 Å². The van der Waals surface area contributed by atoms with Crippen molar-refractivity contribution < 1.29 is 17.9 Å². The number of methoxy groups -OCH3 is 1. The van der Waals surface area contributed by atoms with Gasteiger partial charge in [-0.15, -0.1) is 0 Å². The van der Waals surface area contributed by atoms with Gasteiger partial charge in [-0.05, 0) is 48.9 Å². The molecule has 0 saturated heterocycles. The van der Waals surface area contributed by atoms with Gasteiger partial charge in [0.2, 0.25) is 0 Å². The van der Waals surface area contributed by atoms with Gasteiger partial charge in [0, 0.05) is 9.79 Å². The monoisotopic (exact) mass is 332 g/mol. The topological polar surface area (TPSA) is 9.23 Å². The molecule has 112 valence electrons. The van der Waals surface area contributed by atoms with Crippen molar-refractivity contribution >= 4 is 23.4 Å². The highest BCUT2D eigenvalue weighted by atomic mass is 35.5. The third-order valence-corrected chi connectivity index (χ3v) is 4.33. The Bertz CT molecular complexity index is 639. The first kappa shape index (κ1) is 16.0. The Morgan fingerprint density at radius 1 is 1.10 bits per heavy atom. The maximum atomic E-state index is 13.1. The van der Waals surface area contributed by atoms with Crippen molar-refractivity contribution in [3.05, 3.63) is 52.5 Å². The van der Waals surface area contributed by atoms with Gasteiger partial charge in [-0.1, -0.05) is 23.4 Å². The molecule has 0 unspecified atom stereocenters. The molecule has 0 aliphatic carbocycles. The number of rotatable bonds is 3. The standard InChI is InChI=1S/C15H12ClF3OS/c1-9-7-12(15(17,18)19)14(13(16)8-9)21-11-5-3-10(20-2)4-6-11/h3-8H,1-2H3. The first-order valence-corrected chi connectivity index (χ1v) is 7.20. The quantitative estimate of drug-likeness (QED) is 0.699. The highest BCUT2D eigenvalue weighted by molar-refractivity contribution is 7.99. The molecule has 0 aliphatic heterocycles. The third-order valence-electron chi connectivity index (χ3n) is 2.77. The molecule has 2 rings (SSSR count). The van der Waals surface area contributed by atoms with Crippen LogP contribution in [0.2, 0.25) is 5.02 Å². The second kappa shape index (κ2) is 6.20. The van der Waals surface area contributed by atoms with Crippen molar-refractivity contribution in [2.24, 2.45) is 0 Å². The Morgan fingerprint density at radius 2 is 1.71 bits per heavy atom. The second-order valence-corrected chi connectivity index (χ2v) is 5.89. The Kier molecular flexibility index (Phi) is 4.74. The van der Waals surface area contributed by atoms with Crippen LogP contribution < -0.4 is 4.74 Å². The lowest BCUT2D eigenvalue weighted by Crippen LogP contribution is -2.07. The van der Waals surface area contributed by atoms with E-state index in [1.807, 2.05) is 0 Å². The molecule has 21 heavy (non-hydrogen) atoms. The van der Waals surface area contributed by atoms with Gasteiger partial charge in [0.05, 0.1) is 17.7 Å². The van der Waals surface area contributed by atoms with Crippen LogP contribution in [0.3, 0.4) is 0 Å². The van der Waals surface area contributed by atoms with Crippen molar-refractivity contribution in [2.45, 2.75) is 22.9 Å². The fourth-order valence-electron chi connectivity index (χ4n) is 1.80. The van der Waals surface area contributed by atoms with Crippen molar-refractivity contribution in [2.75, 3.05) is 7.11 Å². The first-order chi connectivity index (χ1) is 9.81. The highest BCUT2D eigenvalue weighted by Crippen LogP contribution is 2.43. The largest absolute Gasteiger partial charge is 0.497 e. The van der Waals surface area contributed by atoms with E-state index in [9.17, 15) is 13.2 Å². The van der Waals surface area contributed by atoms with E-state index in [0.29, 0.717) is 16.2 Å². The number of aryl methyl sites for hydroxylation is 1. The molecule has 2 aromatic carbocycles. The number of halogens is 4. The molecule has 0 fully saturated rings. The minimum absolute atomic E-state index is 0.0138. The van der Waals surface area contributed by atoms with Gasteiger partial charge in [-0.25, -0.2) is 0 Å². The summed E-state index contributed by atoms with van der Waals surface area (Å²) in [6.07, 6.45) is -4.44. The van der Waals surface area contributed by atoms with Gasteiger partial charge >= 0.3 is 6.18 Å². The fraction of sp³-hybridized carbons (Fsp3) is 0.200. The number of ether oxygens (including phenoxy) is 1. The molecule has 0 N–H and O–H groups in total.